The van der Waals surface area contributed by atoms with E-state index in [9.17, 15) is 15.3 Å². The Morgan fingerprint density at radius 3 is 2.26 bits per heavy atom. The van der Waals surface area contributed by atoms with Crippen LogP contribution in [0.15, 0.2) is 60.3 Å². The summed E-state index contributed by atoms with van der Waals surface area (Å²) in [6.45, 7) is 0. The number of nitrogens with one attached hydrogen (secondary N) is 1. The normalized spacial score (nSPS) is 13.5. The van der Waals surface area contributed by atoms with Gasteiger partial charge in [-0.3, -0.25) is 15.3 Å². The predicted molar refractivity (Wildman–Crippen MR) is 71.5 cm³/mol. The van der Waals surface area contributed by atoms with E-state index in [2.05, 4.69) is 0 Å². The van der Waals surface area contributed by atoms with Crippen LogP contribution in [0.25, 0.3) is 0 Å². The number of allylic oxidation sites excluding steroid dienone is 5. The minimum atomic E-state index is -0.498. The highest BCUT2D eigenvalue weighted by Gasteiger charge is 2.07. The Hall–Kier alpha value is -2.73. The van der Waals surface area contributed by atoms with E-state index in [1.807, 2.05) is 0 Å². The van der Waals surface area contributed by atoms with Gasteiger partial charge in [0.15, 0.2) is 0 Å². The number of hydrogen-bond donors (Lipinski definition) is 2. The van der Waals surface area contributed by atoms with E-state index in [-0.39, 0.29) is 5.69 Å². The highest BCUT2D eigenvalue weighted by molar-refractivity contribution is 6.03. The van der Waals surface area contributed by atoms with Crippen molar-refractivity contribution in [3.8, 4) is 0 Å². The molecule has 6 heteroatoms. The van der Waals surface area contributed by atoms with Crippen LogP contribution in [0.5, 0.6) is 0 Å². The number of anilines is 1. The van der Waals surface area contributed by atoms with E-state index in [0.29, 0.717) is 11.4 Å². The maximum absolute atomic E-state index is 10.5. The molecule has 0 unspecified atom stereocenters. The molecule has 0 atom stereocenters. The van der Waals surface area contributed by atoms with Crippen molar-refractivity contribution in [2.45, 2.75) is 0 Å². The smallest absolute Gasteiger partial charge is 0.269 e. The summed E-state index contributed by atoms with van der Waals surface area (Å²) >= 11 is 0. The summed E-state index contributed by atoms with van der Waals surface area (Å²) in [7, 11) is 0. The van der Waals surface area contributed by atoms with Gasteiger partial charge in [0.05, 0.1) is 16.3 Å². The lowest BCUT2D eigenvalue weighted by molar-refractivity contribution is -0.384. The average molecular weight is 257 g/mol. The van der Waals surface area contributed by atoms with Crippen molar-refractivity contribution in [2.75, 3.05) is 5.06 Å². The quantitative estimate of drug-likeness (QED) is 0.643. The lowest BCUT2D eigenvalue weighted by Gasteiger charge is -2.13. The molecule has 2 N–H and O–H groups in total. The third-order valence-corrected chi connectivity index (χ3v) is 2.51. The standard InChI is InChI=1S/C13H11N3O3/c14-11-3-1-10(2-4-11)9-15(17)12-5-7-13(8-6-12)16(18)19/h1-9,14,17H. The Kier molecular flexibility index (Phi) is 3.53. The molecule has 1 aliphatic carbocycles. The zero-order chi connectivity index (χ0) is 13.8. The van der Waals surface area contributed by atoms with E-state index in [1.165, 1.54) is 30.5 Å². The zero-order valence-corrected chi connectivity index (χ0v) is 9.85. The Labute approximate surface area is 109 Å². The zero-order valence-electron chi connectivity index (χ0n) is 9.85. The Bertz CT molecular complexity index is 582. The van der Waals surface area contributed by atoms with Gasteiger partial charge < -0.3 is 5.41 Å². The molecule has 0 spiro atoms. The largest absolute Gasteiger partial charge is 0.301 e. The van der Waals surface area contributed by atoms with Crippen molar-refractivity contribution >= 4 is 17.1 Å². The maximum Gasteiger partial charge on any atom is 0.269 e. The number of benzene rings is 1. The average Bonchev–Trinajstić information content (AvgIpc) is 2.41. The molecule has 0 saturated carbocycles. The minimum absolute atomic E-state index is 0.0318. The van der Waals surface area contributed by atoms with Crippen LogP contribution in [-0.4, -0.2) is 15.8 Å². The van der Waals surface area contributed by atoms with Gasteiger partial charge in [-0.1, -0.05) is 12.2 Å². The minimum Gasteiger partial charge on any atom is -0.301 e. The van der Waals surface area contributed by atoms with Gasteiger partial charge in [-0.05, 0) is 29.9 Å². The number of rotatable bonds is 3. The van der Waals surface area contributed by atoms with E-state index in [0.717, 1.165) is 10.6 Å². The van der Waals surface area contributed by atoms with Crippen LogP contribution >= 0.6 is 0 Å². The molecule has 1 aromatic rings. The molecule has 0 fully saturated rings. The monoisotopic (exact) mass is 257 g/mol. The summed E-state index contributed by atoms with van der Waals surface area (Å²) in [6, 6.07) is 5.54. The second kappa shape index (κ2) is 5.28. The molecule has 0 bridgehead atoms. The summed E-state index contributed by atoms with van der Waals surface area (Å²) in [5.41, 5.74) is 1.49. The van der Waals surface area contributed by atoms with Gasteiger partial charge >= 0.3 is 0 Å². The van der Waals surface area contributed by atoms with Gasteiger partial charge in [-0.2, -0.15) is 0 Å². The van der Waals surface area contributed by atoms with Crippen LogP contribution in [0.1, 0.15) is 0 Å². The van der Waals surface area contributed by atoms with Crippen LogP contribution in [0.3, 0.4) is 0 Å². The third kappa shape index (κ3) is 3.14. The number of nitrogens with zero attached hydrogens (tertiary/aromatic N) is 2. The van der Waals surface area contributed by atoms with Crippen molar-refractivity contribution in [3.63, 3.8) is 0 Å². The van der Waals surface area contributed by atoms with Gasteiger partial charge in [0.2, 0.25) is 0 Å². The van der Waals surface area contributed by atoms with Gasteiger partial charge in [0.1, 0.15) is 0 Å². The number of hydroxylamine groups is 1. The first-order chi connectivity index (χ1) is 9.06. The molecule has 0 saturated heterocycles. The first kappa shape index (κ1) is 12.7. The summed E-state index contributed by atoms with van der Waals surface area (Å²) in [5, 5.41) is 28.6. The molecule has 0 heterocycles. The van der Waals surface area contributed by atoms with Crippen LogP contribution in [0.2, 0.25) is 0 Å². The molecular weight excluding hydrogens is 246 g/mol. The van der Waals surface area contributed by atoms with Gasteiger partial charge in [0.25, 0.3) is 5.69 Å². The van der Waals surface area contributed by atoms with Crippen LogP contribution < -0.4 is 5.06 Å². The van der Waals surface area contributed by atoms with E-state index < -0.39 is 4.92 Å². The molecule has 2 rings (SSSR count). The topological polar surface area (TPSA) is 90.5 Å². The third-order valence-electron chi connectivity index (χ3n) is 2.51. The number of non-ortho nitro benzene ring substituents is 1. The molecule has 96 valence electrons. The van der Waals surface area contributed by atoms with Crippen molar-refractivity contribution in [1.82, 2.24) is 0 Å². The fourth-order valence-corrected chi connectivity index (χ4v) is 1.51. The highest BCUT2D eigenvalue weighted by atomic mass is 16.6. The number of nitro benzene ring substituents is 1. The molecule has 0 aromatic heterocycles. The Morgan fingerprint density at radius 2 is 1.74 bits per heavy atom. The Morgan fingerprint density at radius 1 is 1.16 bits per heavy atom. The molecule has 0 amide bonds. The molecule has 6 nitrogen and oxygen atoms in total. The summed E-state index contributed by atoms with van der Waals surface area (Å²) in [6.07, 6.45) is 8.06. The Balaban J connectivity index is 2.16. The van der Waals surface area contributed by atoms with Crippen LogP contribution in [-0.2, 0) is 0 Å². The number of hydrogen-bond acceptors (Lipinski definition) is 5. The SMILES string of the molecule is N=C1C=CC(=CN(O)c2ccc([N+](=O)[O-])cc2)C=C1. The van der Waals surface area contributed by atoms with E-state index in [1.54, 1.807) is 24.3 Å². The summed E-state index contributed by atoms with van der Waals surface area (Å²) < 4.78 is 0. The van der Waals surface area contributed by atoms with Crippen molar-refractivity contribution in [2.24, 2.45) is 0 Å². The summed E-state index contributed by atoms with van der Waals surface area (Å²) in [4.78, 5) is 10.0. The maximum atomic E-state index is 10.5. The van der Waals surface area contributed by atoms with Crippen LogP contribution in [0.4, 0.5) is 11.4 Å². The number of nitro groups is 1. The lowest BCUT2D eigenvalue weighted by Crippen LogP contribution is -2.10. The molecule has 1 aromatic carbocycles. The molecular formula is C13H11N3O3. The van der Waals surface area contributed by atoms with Crippen molar-refractivity contribution < 1.29 is 10.1 Å². The predicted octanol–water partition coefficient (Wildman–Crippen LogP) is 2.82. The van der Waals surface area contributed by atoms with E-state index in [4.69, 9.17) is 5.41 Å². The van der Waals surface area contributed by atoms with Crippen molar-refractivity contribution in [1.29, 1.82) is 5.41 Å². The molecule has 0 aliphatic heterocycles. The van der Waals surface area contributed by atoms with E-state index >= 15 is 0 Å². The molecule has 0 radical (unpaired) electrons. The molecule has 19 heavy (non-hydrogen) atoms. The second-order valence-corrected chi connectivity index (χ2v) is 3.87. The van der Waals surface area contributed by atoms with Crippen molar-refractivity contribution in [3.05, 3.63) is 70.5 Å². The van der Waals surface area contributed by atoms with Gasteiger partial charge in [-0.25, -0.2) is 5.06 Å². The first-order valence-electron chi connectivity index (χ1n) is 5.45. The highest BCUT2D eigenvalue weighted by Crippen LogP contribution is 2.19. The lowest BCUT2D eigenvalue weighted by atomic mass is 10.1. The first-order valence-corrected chi connectivity index (χ1v) is 5.45. The van der Waals surface area contributed by atoms with Gasteiger partial charge in [0, 0.05) is 18.3 Å². The fourth-order valence-electron chi connectivity index (χ4n) is 1.51. The fraction of sp³-hybridized carbons (Fsp3) is 0. The second-order valence-electron chi connectivity index (χ2n) is 3.87. The van der Waals surface area contributed by atoms with Crippen LogP contribution in [0, 0.1) is 15.5 Å². The van der Waals surface area contributed by atoms with Gasteiger partial charge in [-0.15, -0.1) is 0 Å². The summed E-state index contributed by atoms with van der Waals surface area (Å²) in [5.74, 6) is 0. The molecule has 1 aliphatic rings.